The van der Waals surface area contributed by atoms with Gasteiger partial charge in [-0.3, -0.25) is 0 Å². The highest BCUT2D eigenvalue weighted by molar-refractivity contribution is 7.27. The predicted octanol–water partition coefficient (Wildman–Crippen LogP) is 13.7. The van der Waals surface area contributed by atoms with E-state index < -0.39 is 0 Å². The Kier molecular flexibility index (Phi) is 6.08. The summed E-state index contributed by atoms with van der Waals surface area (Å²) in [5.41, 5.74) is 12.0. The van der Waals surface area contributed by atoms with Crippen molar-refractivity contribution < 1.29 is 0 Å². The molecule has 12 rings (SSSR count). The van der Waals surface area contributed by atoms with Crippen LogP contribution in [0, 0.1) is 0 Å². The van der Waals surface area contributed by atoms with Crippen LogP contribution in [0.2, 0.25) is 0 Å². The summed E-state index contributed by atoms with van der Waals surface area (Å²) in [6.07, 6.45) is 16.1. The molecule has 0 amide bonds. The number of hydrogen-bond acceptors (Lipinski definition) is 3. The van der Waals surface area contributed by atoms with Gasteiger partial charge in [0.1, 0.15) is 0 Å². The van der Waals surface area contributed by atoms with E-state index in [0.717, 1.165) is 12.8 Å². The Morgan fingerprint density at radius 1 is 0.596 bits per heavy atom. The largest absolute Gasteiger partial charge is 0.333 e. The summed E-state index contributed by atoms with van der Waals surface area (Å²) in [5.74, 6) is 0.323. The fraction of sp³-hybridized carbons (Fsp3) is 0.0833. The molecule has 3 aliphatic rings. The minimum Gasteiger partial charge on any atom is -0.333 e. The second kappa shape index (κ2) is 10.9. The van der Waals surface area contributed by atoms with Crippen molar-refractivity contribution >= 4 is 91.4 Å². The lowest BCUT2D eigenvalue weighted by Gasteiger charge is -2.29. The van der Waals surface area contributed by atoms with Gasteiger partial charge < -0.3 is 9.47 Å². The zero-order valence-electron chi connectivity index (χ0n) is 28.3. The van der Waals surface area contributed by atoms with E-state index in [2.05, 4.69) is 167 Å². The summed E-state index contributed by atoms with van der Waals surface area (Å²) < 4.78 is 8.01. The van der Waals surface area contributed by atoms with Crippen molar-refractivity contribution in [3.63, 3.8) is 0 Å². The first-order valence-electron chi connectivity index (χ1n) is 18.2. The monoisotopic (exact) mass is 700 g/mol. The van der Waals surface area contributed by atoms with Crippen LogP contribution in [0.15, 0.2) is 152 Å². The molecule has 2 unspecified atom stereocenters. The average Bonchev–Trinajstić information content (AvgIpc) is 3.95. The van der Waals surface area contributed by atoms with Gasteiger partial charge in [0.25, 0.3) is 0 Å². The minimum absolute atomic E-state index is 0.257. The maximum atomic E-state index is 2.62. The molecule has 0 saturated carbocycles. The SMILES string of the molecule is C1=CC2c3ccc4c(c5c(n4-c4cccc6sc7c(-c8cccc9sc%10ccccc%10c89)cccc7c46)CCC=C5)c3N(c3ccccc3)C2C=C1. The summed E-state index contributed by atoms with van der Waals surface area (Å²) >= 11 is 3.83. The van der Waals surface area contributed by atoms with E-state index in [1.54, 1.807) is 0 Å². The maximum Gasteiger partial charge on any atom is 0.0629 e. The van der Waals surface area contributed by atoms with Gasteiger partial charge in [0, 0.05) is 74.2 Å². The van der Waals surface area contributed by atoms with Crippen LogP contribution in [-0.2, 0) is 6.42 Å². The Morgan fingerprint density at radius 2 is 1.37 bits per heavy atom. The molecule has 0 N–H and O–H groups in total. The Hall–Kier alpha value is -5.68. The van der Waals surface area contributed by atoms with E-state index in [-0.39, 0.29) is 6.04 Å². The van der Waals surface area contributed by atoms with Crippen LogP contribution >= 0.6 is 22.7 Å². The normalized spacial score (nSPS) is 17.6. The van der Waals surface area contributed by atoms with Gasteiger partial charge in [-0.2, -0.15) is 0 Å². The molecule has 246 valence electrons. The first-order chi connectivity index (χ1) is 25.8. The first-order valence-corrected chi connectivity index (χ1v) is 19.9. The lowest BCUT2D eigenvalue weighted by molar-refractivity contribution is 0.745. The molecule has 52 heavy (non-hydrogen) atoms. The van der Waals surface area contributed by atoms with Gasteiger partial charge in [-0.25, -0.2) is 0 Å². The first kappa shape index (κ1) is 29.0. The number of benzene rings is 6. The smallest absolute Gasteiger partial charge is 0.0629 e. The summed E-state index contributed by atoms with van der Waals surface area (Å²) in [6.45, 7) is 0. The van der Waals surface area contributed by atoms with Crippen molar-refractivity contribution in [2.75, 3.05) is 4.90 Å². The number of anilines is 2. The van der Waals surface area contributed by atoms with Gasteiger partial charge >= 0.3 is 0 Å². The Morgan fingerprint density at radius 3 is 2.31 bits per heavy atom. The van der Waals surface area contributed by atoms with Gasteiger partial charge in [0.15, 0.2) is 0 Å². The molecule has 0 saturated heterocycles. The van der Waals surface area contributed by atoms with E-state index in [4.69, 9.17) is 0 Å². The van der Waals surface area contributed by atoms with Gasteiger partial charge in [-0.15, -0.1) is 22.7 Å². The number of nitrogens with zero attached hydrogens (tertiary/aromatic N) is 2. The van der Waals surface area contributed by atoms with Crippen LogP contribution in [0.1, 0.15) is 29.2 Å². The Labute approximate surface area is 309 Å². The van der Waals surface area contributed by atoms with E-state index in [9.17, 15) is 0 Å². The van der Waals surface area contributed by atoms with Crippen molar-refractivity contribution in [3.8, 4) is 16.8 Å². The molecule has 4 heterocycles. The third-order valence-corrected chi connectivity index (χ3v) is 13.9. The average molecular weight is 701 g/mol. The molecule has 0 fully saturated rings. The lowest BCUT2D eigenvalue weighted by Crippen LogP contribution is -2.28. The Balaban J connectivity index is 1.14. The lowest BCUT2D eigenvalue weighted by atomic mass is 9.90. The predicted molar refractivity (Wildman–Crippen MR) is 225 cm³/mol. The summed E-state index contributed by atoms with van der Waals surface area (Å²) in [5, 5.41) is 6.77. The standard InChI is InChI=1S/C48H32N2S2/c1-2-13-29(14-3-1)49-37-21-7-4-15-30(37)32-27-28-40-46(47(32)49)34-16-5-8-22-38(34)50(40)39-23-12-26-43-45(39)36-20-10-19-33(48(36)52-43)31-18-11-25-42-44(31)35-17-6-9-24-41(35)51-42/h1-7,9-21,23-28,30,37H,8,22H2. The van der Waals surface area contributed by atoms with Crippen LogP contribution in [-0.4, -0.2) is 10.6 Å². The van der Waals surface area contributed by atoms with Crippen molar-refractivity contribution in [2.24, 2.45) is 0 Å². The molecule has 2 atom stereocenters. The van der Waals surface area contributed by atoms with Gasteiger partial charge in [0.05, 0.1) is 22.9 Å². The molecule has 0 spiro atoms. The van der Waals surface area contributed by atoms with E-state index in [1.807, 2.05) is 22.7 Å². The number of hydrogen-bond donors (Lipinski definition) is 0. The zero-order valence-corrected chi connectivity index (χ0v) is 29.9. The second-order valence-corrected chi connectivity index (χ2v) is 16.4. The highest BCUT2D eigenvalue weighted by Gasteiger charge is 2.40. The maximum absolute atomic E-state index is 2.62. The Bertz CT molecular complexity index is 3040. The van der Waals surface area contributed by atoms with Gasteiger partial charge in [-0.05, 0) is 66.4 Å². The molecular formula is C48H32N2S2. The number of aromatic nitrogens is 1. The molecule has 2 aliphatic carbocycles. The zero-order chi connectivity index (χ0) is 33.9. The third kappa shape index (κ3) is 3.88. The molecule has 2 nitrogen and oxygen atoms in total. The second-order valence-electron chi connectivity index (χ2n) is 14.2. The van der Waals surface area contributed by atoms with Gasteiger partial charge in [0.2, 0.25) is 0 Å². The number of allylic oxidation sites excluding steroid dienone is 3. The fourth-order valence-electron chi connectivity index (χ4n) is 9.50. The number of para-hydroxylation sites is 1. The number of rotatable bonds is 3. The third-order valence-electron chi connectivity index (χ3n) is 11.6. The highest BCUT2D eigenvalue weighted by atomic mass is 32.1. The summed E-state index contributed by atoms with van der Waals surface area (Å²) in [6, 6.07) is 45.7. The minimum atomic E-state index is 0.257. The molecule has 4 heteroatoms. The van der Waals surface area contributed by atoms with Crippen LogP contribution < -0.4 is 4.90 Å². The molecule has 0 radical (unpaired) electrons. The van der Waals surface area contributed by atoms with Crippen LogP contribution in [0.5, 0.6) is 0 Å². The molecular weight excluding hydrogens is 669 g/mol. The van der Waals surface area contributed by atoms with Crippen LogP contribution in [0.3, 0.4) is 0 Å². The molecule has 0 bridgehead atoms. The molecule has 6 aromatic carbocycles. The quantitative estimate of drug-likeness (QED) is 0.178. The van der Waals surface area contributed by atoms with E-state index in [0.29, 0.717) is 5.92 Å². The number of thiophene rings is 2. The van der Waals surface area contributed by atoms with E-state index >= 15 is 0 Å². The van der Waals surface area contributed by atoms with Crippen molar-refractivity contribution in [1.29, 1.82) is 0 Å². The van der Waals surface area contributed by atoms with Crippen molar-refractivity contribution in [3.05, 3.63) is 169 Å². The molecule has 9 aromatic rings. The van der Waals surface area contributed by atoms with E-state index in [1.165, 1.54) is 96.3 Å². The topological polar surface area (TPSA) is 8.17 Å². The highest BCUT2D eigenvalue weighted by Crippen LogP contribution is 2.54. The molecule has 1 aliphatic heterocycles. The fourth-order valence-corrected chi connectivity index (χ4v) is 11.9. The number of fused-ring (bicyclic) bond motifs is 13. The summed E-state index contributed by atoms with van der Waals surface area (Å²) in [7, 11) is 0. The van der Waals surface area contributed by atoms with Crippen molar-refractivity contribution in [1.82, 2.24) is 4.57 Å². The van der Waals surface area contributed by atoms with Crippen LogP contribution in [0.25, 0.3) is 74.1 Å². The molecule has 3 aromatic heterocycles. The summed E-state index contributed by atoms with van der Waals surface area (Å²) in [4.78, 5) is 2.61. The van der Waals surface area contributed by atoms with Gasteiger partial charge in [-0.1, -0.05) is 115 Å². The van der Waals surface area contributed by atoms with Crippen molar-refractivity contribution in [2.45, 2.75) is 24.8 Å². The van der Waals surface area contributed by atoms with Crippen LogP contribution in [0.4, 0.5) is 11.4 Å².